The Hall–Kier alpha value is -0.510. The van der Waals surface area contributed by atoms with E-state index in [1.165, 1.54) is 4.90 Å². The Kier molecular flexibility index (Phi) is 6.19. The number of hydrogen-bond donors (Lipinski definition) is 2. The minimum Gasteiger partial charge on any atom is -0.394 e. The molecule has 102 valence electrons. The fraction of sp³-hybridized carbons (Fsp3) is 0.600. The third kappa shape index (κ3) is 5.42. The lowest BCUT2D eigenvalue weighted by atomic mass is 9.96. The quantitative estimate of drug-likeness (QED) is 0.743. The lowest BCUT2D eigenvalue weighted by Gasteiger charge is -2.33. The van der Waals surface area contributed by atoms with Crippen molar-refractivity contribution in [3.8, 4) is 0 Å². The van der Waals surface area contributed by atoms with Crippen molar-refractivity contribution in [2.24, 2.45) is 0 Å². The Balaban J connectivity index is 2.54. The van der Waals surface area contributed by atoms with E-state index >= 15 is 0 Å². The summed E-state index contributed by atoms with van der Waals surface area (Å²) >= 11 is 1.86. The van der Waals surface area contributed by atoms with Crippen LogP contribution in [0.15, 0.2) is 35.2 Å². The highest BCUT2D eigenvalue weighted by Gasteiger charge is 2.26. The van der Waals surface area contributed by atoms with Crippen molar-refractivity contribution in [3.63, 3.8) is 0 Å². The number of hydrogen-bond acceptors (Lipinski definition) is 3. The summed E-state index contributed by atoms with van der Waals surface area (Å²) in [6.45, 7) is 8.71. The number of nitrogens with one attached hydrogen (secondary N) is 1. The molecule has 2 N–H and O–H groups in total. The molecule has 2 atom stereocenters. The number of aliphatic hydroxyl groups excluding tert-OH is 1. The van der Waals surface area contributed by atoms with Crippen molar-refractivity contribution in [2.75, 3.05) is 6.61 Å². The monoisotopic (exact) mass is 267 g/mol. The van der Waals surface area contributed by atoms with Gasteiger partial charge in [0, 0.05) is 21.7 Å². The summed E-state index contributed by atoms with van der Waals surface area (Å²) in [5, 5.41) is 13.5. The zero-order valence-corrected chi connectivity index (χ0v) is 12.6. The summed E-state index contributed by atoms with van der Waals surface area (Å²) in [7, 11) is 0. The Morgan fingerprint density at radius 2 is 1.83 bits per heavy atom. The second kappa shape index (κ2) is 7.17. The summed E-state index contributed by atoms with van der Waals surface area (Å²) in [5.41, 5.74) is -0.199. The summed E-state index contributed by atoms with van der Waals surface area (Å²) < 4.78 is 0. The van der Waals surface area contributed by atoms with Crippen molar-refractivity contribution >= 4 is 11.8 Å². The van der Waals surface area contributed by atoms with Gasteiger partial charge in [0.15, 0.2) is 0 Å². The van der Waals surface area contributed by atoms with E-state index in [0.717, 1.165) is 6.42 Å². The number of rotatable bonds is 7. The molecule has 1 aromatic rings. The zero-order chi connectivity index (χ0) is 13.6. The molecule has 0 aromatic heterocycles. The first-order chi connectivity index (χ1) is 8.45. The van der Waals surface area contributed by atoms with Gasteiger partial charge in [-0.15, -0.1) is 11.8 Å². The van der Waals surface area contributed by atoms with Crippen LogP contribution in [0, 0.1) is 0 Å². The molecule has 0 heterocycles. The Morgan fingerprint density at radius 1 is 1.22 bits per heavy atom. The van der Waals surface area contributed by atoms with Gasteiger partial charge in [-0.25, -0.2) is 0 Å². The standard InChI is InChI=1S/C15H25NOS/c1-12(2)16-15(4,11-17)10-13(3)18-14-8-6-5-7-9-14/h5-9,12-13,16-17H,10-11H2,1-4H3. The molecular weight excluding hydrogens is 242 g/mol. The van der Waals surface area contributed by atoms with Gasteiger partial charge < -0.3 is 10.4 Å². The highest BCUT2D eigenvalue weighted by Crippen LogP contribution is 2.28. The summed E-state index contributed by atoms with van der Waals surface area (Å²) in [5.74, 6) is 0. The summed E-state index contributed by atoms with van der Waals surface area (Å²) in [4.78, 5) is 1.29. The number of aliphatic hydroxyl groups is 1. The van der Waals surface area contributed by atoms with Gasteiger partial charge in [0.1, 0.15) is 0 Å². The van der Waals surface area contributed by atoms with Crippen molar-refractivity contribution in [1.29, 1.82) is 0 Å². The first kappa shape index (κ1) is 15.5. The van der Waals surface area contributed by atoms with E-state index in [4.69, 9.17) is 0 Å². The van der Waals surface area contributed by atoms with Crippen LogP contribution in [0.5, 0.6) is 0 Å². The lowest BCUT2D eigenvalue weighted by Crippen LogP contribution is -2.50. The highest BCUT2D eigenvalue weighted by molar-refractivity contribution is 7.99. The smallest absolute Gasteiger partial charge is 0.0611 e. The van der Waals surface area contributed by atoms with E-state index in [2.05, 4.69) is 57.3 Å². The van der Waals surface area contributed by atoms with E-state index in [9.17, 15) is 5.11 Å². The Bertz CT molecular complexity index is 342. The van der Waals surface area contributed by atoms with Gasteiger partial charge in [-0.3, -0.25) is 0 Å². The maximum atomic E-state index is 9.58. The third-order valence-corrected chi connectivity index (χ3v) is 3.92. The van der Waals surface area contributed by atoms with Gasteiger partial charge in [0.05, 0.1) is 6.61 Å². The van der Waals surface area contributed by atoms with Gasteiger partial charge in [-0.2, -0.15) is 0 Å². The van der Waals surface area contributed by atoms with E-state index in [1.54, 1.807) is 0 Å². The van der Waals surface area contributed by atoms with Gasteiger partial charge in [-0.05, 0) is 25.5 Å². The normalized spacial score (nSPS) is 16.6. The molecule has 2 unspecified atom stereocenters. The molecule has 0 aliphatic rings. The average Bonchev–Trinajstić information content (AvgIpc) is 2.28. The topological polar surface area (TPSA) is 32.3 Å². The molecule has 1 rings (SSSR count). The van der Waals surface area contributed by atoms with Crippen LogP contribution in [0.25, 0.3) is 0 Å². The first-order valence-corrected chi connectivity index (χ1v) is 7.43. The largest absolute Gasteiger partial charge is 0.394 e. The van der Waals surface area contributed by atoms with E-state index in [-0.39, 0.29) is 12.1 Å². The number of thioether (sulfide) groups is 1. The van der Waals surface area contributed by atoms with Crippen LogP contribution >= 0.6 is 11.8 Å². The van der Waals surface area contributed by atoms with Gasteiger partial charge in [-0.1, -0.05) is 39.0 Å². The molecule has 1 aromatic carbocycles. The molecule has 0 aliphatic heterocycles. The van der Waals surface area contributed by atoms with Gasteiger partial charge >= 0.3 is 0 Å². The van der Waals surface area contributed by atoms with Crippen molar-refractivity contribution in [2.45, 2.75) is 55.8 Å². The molecule has 0 spiro atoms. The van der Waals surface area contributed by atoms with Crippen LogP contribution in [-0.2, 0) is 0 Å². The second-order valence-electron chi connectivity index (χ2n) is 5.46. The molecule has 2 nitrogen and oxygen atoms in total. The first-order valence-electron chi connectivity index (χ1n) is 6.55. The van der Waals surface area contributed by atoms with E-state index < -0.39 is 0 Å². The van der Waals surface area contributed by atoms with Crippen LogP contribution in [0.3, 0.4) is 0 Å². The summed E-state index contributed by atoms with van der Waals surface area (Å²) in [6.07, 6.45) is 0.946. The Labute approximate surface area is 115 Å². The van der Waals surface area contributed by atoms with Crippen LogP contribution < -0.4 is 5.32 Å². The summed E-state index contributed by atoms with van der Waals surface area (Å²) in [6, 6.07) is 10.8. The molecule has 0 amide bonds. The predicted octanol–water partition coefficient (Wildman–Crippen LogP) is 3.31. The van der Waals surface area contributed by atoms with Crippen molar-refractivity contribution in [1.82, 2.24) is 5.32 Å². The minimum atomic E-state index is -0.199. The van der Waals surface area contributed by atoms with Crippen molar-refractivity contribution in [3.05, 3.63) is 30.3 Å². The third-order valence-electron chi connectivity index (χ3n) is 2.80. The lowest BCUT2D eigenvalue weighted by molar-refractivity contribution is 0.157. The second-order valence-corrected chi connectivity index (χ2v) is 6.98. The SMILES string of the molecule is CC(C)NC(C)(CO)CC(C)Sc1ccccc1. The molecule has 3 heteroatoms. The van der Waals surface area contributed by atoms with Gasteiger partial charge in [0.2, 0.25) is 0 Å². The molecular formula is C15H25NOS. The average molecular weight is 267 g/mol. The fourth-order valence-electron chi connectivity index (χ4n) is 2.27. The molecule has 0 bridgehead atoms. The molecule has 0 aliphatic carbocycles. The minimum absolute atomic E-state index is 0.171. The van der Waals surface area contributed by atoms with Crippen LogP contribution in [-0.4, -0.2) is 28.5 Å². The molecule has 18 heavy (non-hydrogen) atoms. The van der Waals surface area contributed by atoms with Gasteiger partial charge in [0.25, 0.3) is 0 Å². The fourth-order valence-corrected chi connectivity index (χ4v) is 3.50. The van der Waals surface area contributed by atoms with Crippen LogP contribution in [0.4, 0.5) is 0 Å². The zero-order valence-electron chi connectivity index (χ0n) is 11.8. The number of benzene rings is 1. The molecule has 0 saturated heterocycles. The molecule has 0 radical (unpaired) electrons. The Morgan fingerprint density at radius 3 is 2.33 bits per heavy atom. The van der Waals surface area contributed by atoms with Crippen LogP contribution in [0.1, 0.15) is 34.1 Å². The van der Waals surface area contributed by atoms with Crippen molar-refractivity contribution < 1.29 is 5.11 Å². The predicted molar refractivity (Wildman–Crippen MR) is 80.1 cm³/mol. The highest BCUT2D eigenvalue weighted by atomic mass is 32.2. The maximum Gasteiger partial charge on any atom is 0.0611 e. The van der Waals surface area contributed by atoms with Crippen LogP contribution in [0.2, 0.25) is 0 Å². The van der Waals surface area contributed by atoms with E-state index in [1.807, 2.05) is 17.8 Å². The molecule has 0 saturated carbocycles. The van der Waals surface area contributed by atoms with E-state index in [0.29, 0.717) is 11.3 Å². The molecule has 0 fully saturated rings. The maximum absolute atomic E-state index is 9.58.